The molecule has 1 aromatic carbocycles. The highest BCUT2D eigenvalue weighted by Gasteiger charge is 2.00. The minimum Gasteiger partial charge on any atom is -0.388 e. The molecule has 0 aliphatic heterocycles. The smallest absolute Gasteiger partial charge is 0.169 e. The molecule has 0 heterocycles. The lowest BCUT2D eigenvalue weighted by atomic mass is 9.49. The van der Waals surface area contributed by atoms with Gasteiger partial charge in [-0.1, -0.05) is 31.2 Å². The van der Waals surface area contributed by atoms with E-state index in [-0.39, 0.29) is 0 Å². The van der Waals surface area contributed by atoms with Gasteiger partial charge in [-0.15, -0.1) is 0 Å². The normalized spacial score (nSPS) is 9.36. The Bertz CT molecular complexity index is 216. The largest absolute Gasteiger partial charge is 0.388 e. The highest BCUT2D eigenvalue weighted by molar-refractivity contribution is 6.70. The Morgan fingerprint density at radius 2 is 1.64 bits per heavy atom. The van der Waals surface area contributed by atoms with Crippen LogP contribution in [0.3, 0.4) is 0 Å². The summed E-state index contributed by atoms with van der Waals surface area (Å²) in [5, 5.41) is 3.09. The number of rotatable bonds is 2. The Balaban J connectivity index is 2.83. The summed E-state index contributed by atoms with van der Waals surface area (Å²) in [6.45, 7) is 5.03. The Morgan fingerprint density at radius 3 is 2.00 bits per heavy atom. The van der Waals surface area contributed by atoms with Crippen LogP contribution in [0.2, 0.25) is 13.6 Å². The predicted molar refractivity (Wildman–Crippen MR) is 53.1 cm³/mol. The van der Waals surface area contributed by atoms with Crippen LogP contribution < -0.4 is 10.8 Å². The minimum absolute atomic E-state index is 0.626. The van der Waals surface area contributed by atoms with Crippen LogP contribution in [-0.4, -0.2) is 13.8 Å². The average Bonchev–Trinajstić information content (AvgIpc) is 2.05. The molecule has 2 heteroatoms. The molecule has 1 nitrogen and oxygen atoms in total. The zero-order valence-corrected chi connectivity index (χ0v) is 7.39. The maximum absolute atomic E-state index is 3.09. The van der Waals surface area contributed by atoms with Gasteiger partial charge in [0.1, 0.15) is 0 Å². The third-order valence-corrected chi connectivity index (χ3v) is 1.87. The van der Waals surface area contributed by atoms with Gasteiger partial charge in [0.05, 0.1) is 0 Å². The maximum atomic E-state index is 3.09. The molecule has 0 radical (unpaired) electrons. The molecule has 1 rings (SSSR count). The SMILES string of the molecule is CNc1ccc(B(C)C)cc1. The van der Waals surface area contributed by atoms with Crippen molar-refractivity contribution in [2.45, 2.75) is 13.6 Å². The quantitative estimate of drug-likeness (QED) is 0.627. The van der Waals surface area contributed by atoms with Crippen molar-refractivity contribution in [1.29, 1.82) is 0 Å². The molecule has 0 spiro atoms. The first-order valence-electron chi connectivity index (χ1n) is 4.01. The van der Waals surface area contributed by atoms with Crippen molar-refractivity contribution in [2.75, 3.05) is 12.4 Å². The number of benzene rings is 1. The first kappa shape index (κ1) is 8.18. The molecule has 11 heavy (non-hydrogen) atoms. The summed E-state index contributed by atoms with van der Waals surface area (Å²) in [6.07, 6.45) is 0. The standard InChI is InChI=1S/C9H14BN/c1-10(2)8-4-6-9(11-3)7-5-8/h4-7,11H,1-3H3. The van der Waals surface area contributed by atoms with E-state index in [1.165, 1.54) is 11.2 Å². The molecule has 0 aromatic heterocycles. The summed E-state index contributed by atoms with van der Waals surface area (Å²) in [6, 6.07) is 8.54. The lowest BCUT2D eigenvalue weighted by molar-refractivity contribution is 1.52. The number of hydrogen-bond donors (Lipinski definition) is 1. The summed E-state index contributed by atoms with van der Waals surface area (Å²) >= 11 is 0. The number of anilines is 1. The van der Waals surface area contributed by atoms with E-state index in [4.69, 9.17) is 0 Å². The molecule has 1 N–H and O–H groups in total. The van der Waals surface area contributed by atoms with Crippen molar-refractivity contribution in [1.82, 2.24) is 0 Å². The second-order valence-electron chi connectivity index (χ2n) is 3.03. The molecule has 0 saturated carbocycles. The molecule has 58 valence electrons. The summed E-state index contributed by atoms with van der Waals surface area (Å²) in [7, 11) is 1.93. The van der Waals surface area contributed by atoms with E-state index in [9.17, 15) is 0 Å². The summed E-state index contributed by atoms with van der Waals surface area (Å²) in [5.74, 6) is 0. The summed E-state index contributed by atoms with van der Waals surface area (Å²) in [4.78, 5) is 0. The molecule has 0 saturated heterocycles. The third kappa shape index (κ3) is 2.00. The second-order valence-corrected chi connectivity index (χ2v) is 3.03. The zero-order chi connectivity index (χ0) is 8.27. The van der Waals surface area contributed by atoms with Gasteiger partial charge in [0.2, 0.25) is 0 Å². The fraction of sp³-hybridized carbons (Fsp3) is 0.333. The molecule has 0 unspecified atom stereocenters. The van der Waals surface area contributed by atoms with E-state index in [1.54, 1.807) is 0 Å². The molecule has 0 atom stereocenters. The van der Waals surface area contributed by atoms with Crippen molar-refractivity contribution in [3.8, 4) is 0 Å². The molecular weight excluding hydrogens is 133 g/mol. The topological polar surface area (TPSA) is 12.0 Å². The van der Waals surface area contributed by atoms with Gasteiger partial charge in [0.25, 0.3) is 0 Å². The predicted octanol–water partition coefficient (Wildman–Crippen LogP) is 1.69. The number of hydrogen-bond acceptors (Lipinski definition) is 1. The molecule has 0 aliphatic carbocycles. The van der Waals surface area contributed by atoms with Gasteiger partial charge < -0.3 is 5.32 Å². The molecule has 0 aliphatic rings. The van der Waals surface area contributed by atoms with Crippen molar-refractivity contribution >= 4 is 17.9 Å². The Labute approximate surface area is 68.9 Å². The van der Waals surface area contributed by atoms with E-state index < -0.39 is 0 Å². The van der Waals surface area contributed by atoms with Gasteiger partial charge in [-0.3, -0.25) is 0 Å². The van der Waals surface area contributed by atoms with Crippen LogP contribution in [0.15, 0.2) is 24.3 Å². The highest BCUT2D eigenvalue weighted by Crippen LogP contribution is 2.02. The Morgan fingerprint density at radius 1 is 1.09 bits per heavy atom. The highest BCUT2D eigenvalue weighted by atomic mass is 14.8. The van der Waals surface area contributed by atoms with Crippen molar-refractivity contribution in [3.05, 3.63) is 24.3 Å². The number of nitrogens with one attached hydrogen (secondary N) is 1. The maximum Gasteiger partial charge on any atom is 0.169 e. The van der Waals surface area contributed by atoms with Crippen LogP contribution >= 0.6 is 0 Å². The Hall–Kier alpha value is -0.915. The fourth-order valence-electron chi connectivity index (χ4n) is 1.03. The lowest BCUT2D eigenvalue weighted by Gasteiger charge is -2.03. The van der Waals surface area contributed by atoms with Gasteiger partial charge >= 0.3 is 0 Å². The Kier molecular flexibility index (Phi) is 2.58. The average molecular weight is 147 g/mol. The van der Waals surface area contributed by atoms with E-state index in [2.05, 4.69) is 43.2 Å². The van der Waals surface area contributed by atoms with Gasteiger partial charge in [0, 0.05) is 12.7 Å². The van der Waals surface area contributed by atoms with Gasteiger partial charge in [-0.05, 0) is 12.1 Å². The molecule has 0 amide bonds. The van der Waals surface area contributed by atoms with Crippen LogP contribution in [0, 0.1) is 0 Å². The van der Waals surface area contributed by atoms with Crippen LogP contribution in [0.1, 0.15) is 0 Å². The monoisotopic (exact) mass is 147 g/mol. The van der Waals surface area contributed by atoms with E-state index in [0.717, 1.165) is 0 Å². The second kappa shape index (κ2) is 3.47. The van der Waals surface area contributed by atoms with E-state index >= 15 is 0 Å². The van der Waals surface area contributed by atoms with E-state index in [1.807, 2.05) is 7.05 Å². The minimum atomic E-state index is 0.626. The first-order valence-corrected chi connectivity index (χ1v) is 4.01. The van der Waals surface area contributed by atoms with Gasteiger partial charge in [0.15, 0.2) is 6.71 Å². The third-order valence-electron chi connectivity index (χ3n) is 1.87. The van der Waals surface area contributed by atoms with Crippen LogP contribution in [0.4, 0.5) is 5.69 Å². The summed E-state index contributed by atoms with van der Waals surface area (Å²) < 4.78 is 0. The van der Waals surface area contributed by atoms with Crippen molar-refractivity contribution in [3.63, 3.8) is 0 Å². The molecular formula is C9H14BN. The molecule has 0 fully saturated rings. The van der Waals surface area contributed by atoms with Crippen LogP contribution in [-0.2, 0) is 0 Å². The molecule has 1 aromatic rings. The van der Waals surface area contributed by atoms with Crippen LogP contribution in [0.5, 0.6) is 0 Å². The van der Waals surface area contributed by atoms with E-state index in [0.29, 0.717) is 6.71 Å². The van der Waals surface area contributed by atoms with Gasteiger partial charge in [-0.2, -0.15) is 0 Å². The van der Waals surface area contributed by atoms with Gasteiger partial charge in [-0.25, -0.2) is 0 Å². The summed E-state index contributed by atoms with van der Waals surface area (Å²) in [5.41, 5.74) is 2.57. The van der Waals surface area contributed by atoms with Crippen LogP contribution in [0.25, 0.3) is 0 Å². The molecule has 0 bridgehead atoms. The lowest BCUT2D eigenvalue weighted by Crippen LogP contribution is -2.21. The first-order chi connectivity index (χ1) is 5.24. The zero-order valence-electron chi connectivity index (χ0n) is 7.39. The fourth-order valence-corrected chi connectivity index (χ4v) is 1.03. The van der Waals surface area contributed by atoms with Crippen molar-refractivity contribution in [2.24, 2.45) is 0 Å². The van der Waals surface area contributed by atoms with Crippen molar-refractivity contribution < 1.29 is 0 Å².